The molecule has 0 atom stereocenters. The summed E-state index contributed by atoms with van der Waals surface area (Å²) in [6, 6.07) is 10.8. The Morgan fingerprint density at radius 2 is 1.69 bits per heavy atom. The highest BCUT2D eigenvalue weighted by atomic mass is 35.5. The van der Waals surface area contributed by atoms with Gasteiger partial charge in [0.1, 0.15) is 11.5 Å². The Hall–Kier alpha value is -2.86. The Labute approximate surface area is 194 Å². The fourth-order valence-electron chi connectivity index (χ4n) is 2.90. The lowest BCUT2D eigenvalue weighted by molar-refractivity contribution is -0.130. The molecule has 2 N–H and O–H groups in total. The number of nitrogens with one attached hydrogen (secondary N) is 2. The summed E-state index contributed by atoms with van der Waals surface area (Å²) in [6.07, 6.45) is 0.609. The van der Waals surface area contributed by atoms with Gasteiger partial charge in [-0.1, -0.05) is 50.1 Å². The minimum Gasteiger partial charge on any atom is -0.493 e. The molecule has 32 heavy (non-hydrogen) atoms. The lowest BCUT2D eigenvalue weighted by atomic mass is 9.89. The Bertz CT molecular complexity index is 996. The van der Waals surface area contributed by atoms with E-state index in [9.17, 15) is 14.4 Å². The van der Waals surface area contributed by atoms with Crippen molar-refractivity contribution in [3.63, 3.8) is 0 Å². The summed E-state index contributed by atoms with van der Waals surface area (Å²) in [6.45, 7) is 9.74. The standard InChI is InChI=1S/C25H31ClN2O4/c1-16-8-11-21(17(2)13-16)32-12-6-7-23(30)27-18-9-10-19(26)20(14-18)28-24(31)15-22(29)25(3,4)5/h8-11,13-14H,6-7,12,15H2,1-5H3,(H,27,30)(H,28,31). The van der Waals surface area contributed by atoms with Crippen LogP contribution in [0.1, 0.15) is 51.2 Å². The van der Waals surface area contributed by atoms with Crippen molar-refractivity contribution < 1.29 is 19.1 Å². The first-order chi connectivity index (χ1) is 15.0. The van der Waals surface area contributed by atoms with Gasteiger partial charge in [0.2, 0.25) is 11.8 Å². The van der Waals surface area contributed by atoms with Gasteiger partial charge in [-0.25, -0.2) is 0 Å². The number of hydrogen-bond donors (Lipinski definition) is 2. The highest BCUT2D eigenvalue weighted by Gasteiger charge is 2.24. The Balaban J connectivity index is 1.85. The van der Waals surface area contributed by atoms with Crippen molar-refractivity contribution >= 4 is 40.6 Å². The van der Waals surface area contributed by atoms with E-state index in [2.05, 4.69) is 16.7 Å². The molecule has 0 spiro atoms. The zero-order chi connectivity index (χ0) is 23.9. The monoisotopic (exact) mass is 458 g/mol. The van der Waals surface area contributed by atoms with Crippen LogP contribution in [0.4, 0.5) is 11.4 Å². The van der Waals surface area contributed by atoms with Gasteiger partial charge in [-0.2, -0.15) is 0 Å². The Morgan fingerprint density at radius 1 is 0.969 bits per heavy atom. The van der Waals surface area contributed by atoms with Gasteiger partial charge in [0.05, 0.1) is 23.7 Å². The van der Waals surface area contributed by atoms with Crippen molar-refractivity contribution in [3.05, 3.63) is 52.5 Å². The summed E-state index contributed by atoms with van der Waals surface area (Å²) in [5.41, 5.74) is 2.49. The van der Waals surface area contributed by atoms with E-state index in [4.69, 9.17) is 16.3 Å². The third-order valence-corrected chi connectivity index (χ3v) is 5.15. The number of amides is 2. The molecule has 0 aromatic heterocycles. The molecular weight excluding hydrogens is 428 g/mol. The molecule has 2 amide bonds. The lowest BCUT2D eigenvalue weighted by Crippen LogP contribution is -2.26. The van der Waals surface area contributed by atoms with Crippen LogP contribution < -0.4 is 15.4 Å². The SMILES string of the molecule is Cc1ccc(OCCCC(=O)Nc2ccc(Cl)c(NC(=O)CC(=O)C(C)(C)C)c2)c(C)c1. The number of Topliss-reactive ketones (excluding diaryl/α,β-unsaturated/α-hetero) is 1. The minimum atomic E-state index is -0.598. The van der Waals surface area contributed by atoms with Crippen LogP contribution in [0, 0.1) is 19.3 Å². The van der Waals surface area contributed by atoms with Gasteiger partial charge in [0.15, 0.2) is 0 Å². The average molecular weight is 459 g/mol. The summed E-state index contributed by atoms with van der Waals surface area (Å²) in [7, 11) is 0. The summed E-state index contributed by atoms with van der Waals surface area (Å²) in [4.78, 5) is 36.5. The number of ether oxygens (including phenoxy) is 1. The van der Waals surface area contributed by atoms with Gasteiger partial charge in [0.25, 0.3) is 0 Å². The molecular formula is C25H31ClN2O4. The molecule has 0 aliphatic carbocycles. The summed E-state index contributed by atoms with van der Waals surface area (Å²) < 4.78 is 5.75. The summed E-state index contributed by atoms with van der Waals surface area (Å²) >= 11 is 6.16. The Morgan fingerprint density at radius 3 is 2.34 bits per heavy atom. The first kappa shape index (κ1) is 25.4. The maximum Gasteiger partial charge on any atom is 0.231 e. The van der Waals surface area contributed by atoms with Crippen LogP contribution in [0.2, 0.25) is 5.02 Å². The predicted molar refractivity (Wildman–Crippen MR) is 128 cm³/mol. The highest BCUT2D eigenvalue weighted by molar-refractivity contribution is 6.34. The molecule has 0 aliphatic heterocycles. The normalized spacial score (nSPS) is 11.1. The van der Waals surface area contributed by atoms with Crippen LogP contribution in [-0.2, 0) is 14.4 Å². The number of aryl methyl sites for hydroxylation is 2. The first-order valence-corrected chi connectivity index (χ1v) is 11.0. The second-order valence-electron chi connectivity index (χ2n) is 8.86. The van der Waals surface area contributed by atoms with Crippen LogP contribution in [0.25, 0.3) is 0 Å². The Kier molecular flexibility index (Phi) is 8.84. The van der Waals surface area contributed by atoms with E-state index >= 15 is 0 Å². The molecule has 0 radical (unpaired) electrons. The smallest absolute Gasteiger partial charge is 0.231 e. The molecule has 172 valence electrons. The molecule has 0 aliphatic rings. The largest absolute Gasteiger partial charge is 0.493 e. The zero-order valence-electron chi connectivity index (χ0n) is 19.3. The number of benzene rings is 2. The number of carbonyl (C=O) groups is 3. The van der Waals surface area contributed by atoms with Crippen LogP contribution in [0.5, 0.6) is 5.75 Å². The van der Waals surface area contributed by atoms with E-state index in [-0.39, 0.29) is 24.5 Å². The highest BCUT2D eigenvalue weighted by Crippen LogP contribution is 2.26. The van der Waals surface area contributed by atoms with Crippen molar-refractivity contribution in [1.82, 2.24) is 0 Å². The van der Waals surface area contributed by atoms with E-state index in [0.717, 1.165) is 11.3 Å². The zero-order valence-corrected chi connectivity index (χ0v) is 20.1. The number of hydrogen-bond acceptors (Lipinski definition) is 4. The van der Waals surface area contributed by atoms with Crippen LogP contribution in [-0.4, -0.2) is 24.2 Å². The third-order valence-electron chi connectivity index (χ3n) is 4.82. The third kappa shape index (κ3) is 8.00. The van der Waals surface area contributed by atoms with Crippen LogP contribution in [0.3, 0.4) is 0 Å². The topological polar surface area (TPSA) is 84.5 Å². The van der Waals surface area contributed by atoms with Crippen LogP contribution >= 0.6 is 11.6 Å². The van der Waals surface area contributed by atoms with E-state index < -0.39 is 11.3 Å². The van der Waals surface area contributed by atoms with E-state index in [1.54, 1.807) is 39.0 Å². The van der Waals surface area contributed by atoms with E-state index in [1.165, 1.54) is 5.56 Å². The molecule has 0 bridgehead atoms. The minimum absolute atomic E-state index is 0.168. The quantitative estimate of drug-likeness (QED) is 0.373. The second-order valence-corrected chi connectivity index (χ2v) is 9.27. The van der Waals surface area contributed by atoms with Crippen molar-refractivity contribution in [2.75, 3.05) is 17.2 Å². The molecule has 0 fully saturated rings. The van der Waals surface area contributed by atoms with Gasteiger partial charge in [-0.3, -0.25) is 14.4 Å². The number of rotatable bonds is 9. The fourth-order valence-corrected chi connectivity index (χ4v) is 3.07. The number of anilines is 2. The molecule has 0 heterocycles. The molecule has 0 saturated carbocycles. The molecule has 6 nitrogen and oxygen atoms in total. The fraction of sp³-hybridized carbons (Fsp3) is 0.400. The molecule has 2 aromatic carbocycles. The molecule has 0 saturated heterocycles. The average Bonchev–Trinajstić information content (AvgIpc) is 2.68. The van der Waals surface area contributed by atoms with Gasteiger partial charge >= 0.3 is 0 Å². The molecule has 0 unspecified atom stereocenters. The van der Waals surface area contributed by atoms with Gasteiger partial charge in [-0.05, 0) is 50.1 Å². The van der Waals surface area contributed by atoms with Crippen molar-refractivity contribution in [2.24, 2.45) is 5.41 Å². The maximum atomic E-state index is 12.3. The summed E-state index contributed by atoms with van der Waals surface area (Å²) in [5.74, 6) is 0.0354. The first-order valence-electron chi connectivity index (χ1n) is 10.6. The lowest BCUT2D eigenvalue weighted by Gasteiger charge is -2.16. The maximum absolute atomic E-state index is 12.3. The van der Waals surface area contributed by atoms with Gasteiger partial charge < -0.3 is 15.4 Å². The molecule has 2 aromatic rings. The number of halogens is 1. The molecule has 7 heteroatoms. The van der Waals surface area contributed by atoms with Crippen molar-refractivity contribution in [1.29, 1.82) is 0 Å². The van der Waals surface area contributed by atoms with Gasteiger partial charge in [0, 0.05) is 17.5 Å². The molecule has 2 rings (SSSR count). The predicted octanol–water partition coefficient (Wildman–Crippen LogP) is 5.70. The second kappa shape index (κ2) is 11.1. The van der Waals surface area contributed by atoms with E-state index in [0.29, 0.717) is 29.4 Å². The van der Waals surface area contributed by atoms with Crippen LogP contribution in [0.15, 0.2) is 36.4 Å². The number of ketones is 1. The number of carbonyl (C=O) groups excluding carboxylic acids is 3. The van der Waals surface area contributed by atoms with Crippen molar-refractivity contribution in [2.45, 2.75) is 53.9 Å². The van der Waals surface area contributed by atoms with E-state index in [1.807, 2.05) is 26.0 Å². The van der Waals surface area contributed by atoms with Crippen molar-refractivity contribution in [3.8, 4) is 5.75 Å². The van der Waals surface area contributed by atoms with Gasteiger partial charge in [-0.15, -0.1) is 0 Å². The summed E-state index contributed by atoms with van der Waals surface area (Å²) in [5, 5.41) is 5.76.